The van der Waals surface area contributed by atoms with Crippen LogP contribution >= 0.6 is 0 Å². The molecule has 1 fully saturated rings. The number of likely N-dealkylation sites (tertiary alicyclic amines) is 1. The van der Waals surface area contributed by atoms with Crippen LogP contribution in [0.1, 0.15) is 50.2 Å². The second kappa shape index (κ2) is 5.26. The standard InChI is InChI=1S/C17H26N2/c1-14-7-4-5-12-19(14)17(13-18)11-6-9-15-8-2-3-10-16(15)17/h2-3,8,10,14H,4-7,9,11-13,18H2,1H3. The highest BCUT2D eigenvalue weighted by Crippen LogP contribution is 2.42. The summed E-state index contributed by atoms with van der Waals surface area (Å²) in [5.74, 6) is 0. The Bertz CT molecular complexity index is 443. The highest BCUT2D eigenvalue weighted by Gasteiger charge is 2.42. The van der Waals surface area contributed by atoms with Crippen molar-refractivity contribution in [3.63, 3.8) is 0 Å². The Morgan fingerprint density at radius 1 is 1.26 bits per heavy atom. The SMILES string of the molecule is CC1CCCCN1C1(CN)CCCc2ccccc21. The molecule has 2 unspecified atom stereocenters. The number of rotatable bonds is 2. The third-order valence-electron chi connectivity index (χ3n) is 5.25. The number of hydrogen-bond donors (Lipinski definition) is 1. The van der Waals surface area contributed by atoms with Gasteiger partial charge >= 0.3 is 0 Å². The summed E-state index contributed by atoms with van der Waals surface area (Å²) < 4.78 is 0. The third kappa shape index (κ3) is 2.11. The van der Waals surface area contributed by atoms with Crippen molar-refractivity contribution in [1.82, 2.24) is 4.90 Å². The lowest BCUT2D eigenvalue weighted by atomic mass is 9.74. The minimum Gasteiger partial charge on any atom is -0.328 e. The Balaban J connectivity index is 2.04. The molecule has 19 heavy (non-hydrogen) atoms. The molecule has 2 heteroatoms. The number of benzene rings is 1. The third-order valence-corrected chi connectivity index (χ3v) is 5.25. The van der Waals surface area contributed by atoms with Crippen LogP contribution < -0.4 is 5.73 Å². The van der Waals surface area contributed by atoms with E-state index in [2.05, 4.69) is 36.1 Å². The fraction of sp³-hybridized carbons (Fsp3) is 0.647. The van der Waals surface area contributed by atoms with Gasteiger partial charge in [0.2, 0.25) is 0 Å². The molecule has 0 saturated carbocycles. The van der Waals surface area contributed by atoms with Crippen LogP contribution in [0.2, 0.25) is 0 Å². The van der Waals surface area contributed by atoms with Gasteiger partial charge in [-0.2, -0.15) is 0 Å². The first-order valence-electron chi connectivity index (χ1n) is 7.83. The molecule has 1 aromatic carbocycles. The minimum absolute atomic E-state index is 0.106. The molecule has 2 N–H and O–H groups in total. The molecule has 3 rings (SSSR count). The van der Waals surface area contributed by atoms with Crippen LogP contribution in [0.15, 0.2) is 24.3 Å². The summed E-state index contributed by atoms with van der Waals surface area (Å²) in [5.41, 5.74) is 9.45. The first-order valence-corrected chi connectivity index (χ1v) is 7.83. The van der Waals surface area contributed by atoms with Crippen LogP contribution in [0.3, 0.4) is 0 Å². The Morgan fingerprint density at radius 3 is 2.89 bits per heavy atom. The van der Waals surface area contributed by atoms with Gasteiger partial charge in [-0.3, -0.25) is 4.90 Å². The summed E-state index contributed by atoms with van der Waals surface area (Å²) in [6.45, 7) is 4.36. The molecule has 0 radical (unpaired) electrons. The molecule has 1 aromatic rings. The van der Waals surface area contributed by atoms with Gasteiger partial charge in [0, 0.05) is 12.6 Å². The summed E-state index contributed by atoms with van der Waals surface area (Å²) in [6, 6.07) is 9.65. The van der Waals surface area contributed by atoms with Gasteiger partial charge in [-0.15, -0.1) is 0 Å². The Kier molecular flexibility index (Phi) is 3.64. The quantitative estimate of drug-likeness (QED) is 0.883. The van der Waals surface area contributed by atoms with Gasteiger partial charge in [0.25, 0.3) is 0 Å². The van der Waals surface area contributed by atoms with Crippen molar-refractivity contribution in [2.45, 2.75) is 57.0 Å². The molecular formula is C17H26N2. The van der Waals surface area contributed by atoms with Gasteiger partial charge in [0.1, 0.15) is 0 Å². The van der Waals surface area contributed by atoms with Gasteiger partial charge in [0.05, 0.1) is 5.54 Å². The van der Waals surface area contributed by atoms with Crippen molar-refractivity contribution in [2.75, 3.05) is 13.1 Å². The lowest BCUT2D eigenvalue weighted by Crippen LogP contribution is -2.57. The van der Waals surface area contributed by atoms with Crippen molar-refractivity contribution in [3.05, 3.63) is 35.4 Å². The van der Waals surface area contributed by atoms with E-state index >= 15 is 0 Å². The topological polar surface area (TPSA) is 29.3 Å². The summed E-state index contributed by atoms with van der Waals surface area (Å²) >= 11 is 0. The summed E-state index contributed by atoms with van der Waals surface area (Å²) in [7, 11) is 0. The number of nitrogens with two attached hydrogens (primary N) is 1. The molecule has 0 spiro atoms. The van der Waals surface area contributed by atoms with Gasteiger partial charge < -0.3 is 5.73 Å². The van der Waals surface area contributed by atoms with E-state index in [0.717, 1.165) is 6.54 Å². The fourth-order valence-corrected chi connectivity index (χ4v) is 4.26. The van der Waals surface area contributed by atoms with E-state index < -0.39 is 0 Å². The predicted molar refractivity (Wildman–Crippen MR) is 80.1 cm³/mol. The van der Waals surface area contributed by atoms with Crippen LogP contribution in [0.4, 0.5) is 0 Å². The summed E-state index contributed by atoms with van der Waals surface area (Å²) in [6.07, 6.45) is 7.75. The van der Waals surface area contributed by atoms with Crippen LogP contribution in [-0.4, -0.2) is 24.0 Å². The van der Waals surface area contributed by atoms with Crippen molar-refractivity contribution in [2.24, 2.45) is 5.73 Å². The molecule has 2 atom stereocenters. The van der Waals surface area contributed by atoms with Crippen LogP contribution in [0.25, 0.3) is 0 Å². The highest BCUT2D eigenvalue weighted by molar-refractivity contribution is 5.37. The van der Waals surface area contributed by atoms with Crippen molar-refractivity contribution in [1.29, 1.82) is 0 Å². The number of fused-ring (bicyclic) bond motifs is 1. The fourth-order valence-electron chi connectivity index (χ4n) is 4.26. The second-order valence-corrected chi connectivity index (χ2v) is 6.28. The van der Waals surface area contributed by atoms with Crippen LogP contribution in [0, 0.1) is 0 Å². The number of piperidine rings is 1. The monoisotopic (exact) mass is 258 g/mol. The smallest absolute Gasteiger partial charge is 0.0588 e. The average Bonchev–Trinajstić information content (AvgIpc) is 2.47. The van der Waals surface area contributed by atoms with E-state index in [4.69, 9.17) is 5.73 Å². The molecule has 1 aliphatic carbocycles. The zero-order valence-electron chi connectivity index (χ0n) is 12.1. The predicted octanol–water partition coefficient (Wildman–Crippen LogP) is 3.05. The van der Waals surface area contributed by atoms with Crippen LogP contribution in [-0.2, 0) is 12.0 Å². The Labute approximate surface area is 117 Å². The van der Waals surface area contributed by atoms with Gasteiger partial charge in [-0.05, 0) is 56.7 Å². The first kappa shape index (κ1) is 13.1. The first-order chi connectivity index (χ1) is 9.28. The maximum absolute atomic E-state index is 6.30. The molecule has 104 valence electrons. The normalized spacial score (nSPS) is 32.0. The molecule has 0 aromatic heterocycles. The van der Waals surface area contributed by atoms with E-state index in [-0.39, 0.29) is 5.54 Å². The molecule has 1 heterocycles. The number of hydrogen-bond acceptors (Lipinski definition) is 2. The van der Waals surface area contributed by atoms with Crippen molar-refractivity contribution >= 4 is 0 Å². The van der Waals surface area contributed by atoms with E-state index in [0.29, 0.717) is 6.04 Å². The lowest BCUT2D eigenvalue weighted by Gasteiger charge is -2.51. The maximum Gasteiger partial charge on any atom is 0.0588 e. The molecule has 1 saturated heterocycles. The van der Waals surface area contributed by atoms with E-state index in [1.54, 1.807) is 0 Å². The largest absolute Gasteiger partial charge is 0.328 e. The van der Waals surface area contributed by atoms with E-state index in [1.807, 2.05) is 0 Å². The summed E-state index contributed by atoms with van der Waals surface area (Å²) in [4.78, 5) is 2.72. The number of nitrogens with zero attached hydrogens (tertiary/aromatic N) is 1. The zero-order valence-corrected chi connectivity index (χ0v) is 12.1. The summed E-state index contributed by atoms with van der Waals surface area (Å²) in [5, 5.41) is 0. The Hall–Kier alpha value is -0.860. The zero-order chi connectivity index (χ0) is 13.3. The van der Waals surface area contributed by atoms with Crippen molar-refractivity contribution in [3.8, 4) is 0 Å². The van der Waals surface area contributed by atoms with Crippen LogP contribution in [0.5, 0.6) is 0 Å². The van der Waals surface area contributed by atoms with Gasteiger partial charge in [-0.1, -0.05) is 30.7 Å². The molecule has 1 aliphatic heterocycles. The molecule has 0 bridgehead atoms. The van der Waals surface area contributed by atoms with Crippen molar-refractivity contribution < 1.29 is 0 Å². The molecule has 2 aliphatic rings. The molecular weight excluding hydrogens is 232 g/mol. The second-order valence-electron chi connectivity index (χ2n) is 6.28. The maximum atomic E-state index is 6.30. The van der Waals surface area contributed by atoms with E-state index in [1.165, 1.54) is 56.2 Å². The Morgan fingerprint density at radius 2 is 2.11 bits per heavy atom. The molecule has 0 amide bonds. The minimum atomic E-state index is 0.106. The van der Waals surface area contributed by atoms with E-state index in [9.17, 15) is 0 Å². The lowest BCUT2D eigenvalue weighted by molar-refractivity contribution is 0.0142. The number of aryl methyl sites for hydroxylation is 1. The highest BCUT2D eigenvalue weighted by atomic mass is 15.2. The van der Waals surface area contributed by atoms with Gasteiger partial charge in [0.15, 0.2) is 0 Å². The van der Waals surface area contributed by atoms with Gasteiger partial charge in [-0.25, -0.2) is 0 Å². The molecule has 2 nitrogen and oxygen atoms in total. The average molecular weight is 258 g/mol.